The van der Waals surface area contributed by atoms with Crippen LogP contribution in [-0.2, 0) is 12.8 Å². The Labute approximate surface area is 207 Å². The van der Waals surface area contributed by atoms with E-state index in [1.54, 1.807) is 0 Å². The maximum absolute atomic E-state index is 2.47. The molecule has 0 N–H and O–H groups in total. The average molecular weight is 451 g/mol. The van der Waals surface area contributed by atoms with E-state index in [0.29, 0.717) is 0 Å². The first-order valence-corrected chi connectivity index (χ1v) is 12.5. The molecule has 0 bridgehead atoms. The van der Waals surface area contributed by atoms with E-state index in [4.69, 9.17) is 0 Å². The SMILES string of the molecule is Cc1ccc(Cc2cc(Cc3ccc(C)c4ccccc34)c3ccccc3c2C)c2ccccc12. The Bertz CT molecular complexity index is 1720. The molecule has 0 aliphatic rings. The van der Waals surface area contributed by atoms with Gasteiger partial charge in [-0.25, -0.2) is 0 Å². The van der Waals surface area contributed by atoms with Crippen LogP contribution in [-0.4, -0.2) is 0 Å². The largest absolute Gasteiger partial charge is 0.0616 e. The van der Waals surface area contributed by atoms with Crippen molar-refractivity contribution in [3.63, 3.8) is 0 Å². The van der Waals surface area contributed by atoms with E-state index in [2.05, 4.69) is 124 Å². The van der Waals surface area contributed by atoms with Crippen molar-refractivity contribution in [1.82, 2.24) is 0 Å². The minimum atomic E-state index is 0.934. The van der Waals surface area contributed by atoms with Gasteiger partial charge in [-0.1, -0.05) is 103 Å². The highest BCUT2D eigenvalue weighted by atomic mass is 14.2. The Kier molecular flexibility index (Phi) is 5.38. The van der Waals surface area contributed by atoms with Crippen LogP contribution in [0.5, 0.6) is 0 Å². The normalized spacial score (nSPS) is 11.5. The zero-order chi connectivity index (χ0) is 23.9. The molecule has 0 aliphatic carbocycles. The molecule has 0 aromatic heterocycles. The van der Waals surface area contributed by atoms with Gasteiger partial charge in [0.1, 0.15) is 0 Å². The summed E-state index contributed by atoms with van der Waals surface area (Å²) >= 11 is 0. The second-order valence-electron chi connectivity index (χ2n) is 9.89. The molecule has 0 unspecified atom stereocenters. The zero-order valence-electron chi connectivity index (χ0n) is 20.7. The van der Waals surface area contributed by atoms with Gasteiger partial charge >= 0.3 is 0 Å². The van der Waals surface area contributed by atoms with Crippen LogP contribution in [0.3, 0.4) is 0 Å². The number of fused-ring (bicyclic) bond motifs is 3. The van der Waals surface area contributed by atoms with Gasteiger partial charge in [-0.15, -0.1) is 0 Å². The second kappa shape index (κ2) is 8.71. The van der Waals surface area contributed by atoms with Crippen molar-refractivity contribution in [1.29, 1.82) is 0 Å². The van der Waals surface area contributed by atoms with Gasteiger partial charge in [-0.3, -0.25) is 0 Å². The molecule has 35 heavy (non-hydrogen) atoms. The van der Waals surface area contributed by atoms with Crippen molar-refractivity contribution < 1.29 is 0 Å². The standard InChI is InChI=1S/C35H30/c1-23-16-18-26(33-13-7-4-10-30(23)33)20-28-22-29(35-15-9-6-12-32(35)25(28)3)21-27-19-17-24(2)31-11-5-8-14-34(27)31/h4-19,22H,20-21H2,1-3H3. The first-order valence-electron chi connectivity index (χ1n) is 12.5. The van der Waals surface area contributed by atoms with E-state index in [-0.39, 0.29) is 0 Å². The molecule has 0 heterocycles. The summed E-state index contributed by atoms with van der Waals surface area (Å²) in [6, 6.07) is 38.2. The van der Waals surface area contributed by atoms with E-state index in [9.17, 15) is 0 Å². The third kappa shape index (κ3) is 3.80. The smallest absolute Gasteiger partial charge is 0.00133 e. The predicted molar refractivity (Wildman–Crippen MR) is 152 cm³/mol. The lowest BCUT2D eigenvalue weighted by atomic mass is 9.87. The van der Waals surface area contributed by atoms with Crippen LogP contribution in [0.2, 0.25) is 0 Å². The van der Waals surface area contributed by atoms with Gasteiger partial charge in [0, 0.05) is 0 Å². The molecule has 0 nitrogen and oxygen atoms in total. The highest BCUT2D eigenvalue weighted by Crippen LogP contribution is 2.33. The molecule has 0 saturated heterocycles. The van der Waals surface area contributed by atoms with Gasteiger partial charge in [0.2, 0.25) is 0 Å². The van der Waals surface area contributed by atoms with Crippen molar-refractivity contribution in [2.24, 2.45) is 0 Å². The van der Waals surface area contributed by atoms with Gasteiger partial charge in [0.15, 0.2) is 0 Å². The first-order chi connectivity index (χ1) is 17.1. The van der Waals surface area contributed by atoms with Crippen molar-refractivity contribution in [2.75, 3.05) is 0 Å². The molecule has 0 saturated carbocycles. The van der Waals surface area contributed by atoms with E-state index in [0.717, 1.165) is 12.8 Å². The topological polar surface area (TPSA) is 0 Å². The van der Waals surface area contributed by atoms with Gasteiger partial charge in [0.25, 0.3) is 0 Å². The number of aryl methyl sites for hydroxylation is 3. The molecular weight excluding hydrogens is 420 g/mol. The number of benzene rings is 6. The molecule has 0 atom stereocenters. The van der Waals surface area contributed by atoms with Crippen LogP contribution >= 0.6 is 0 Å². The van der Waals surface area contributed by atoms with Crippen molar-refractivity contribution in [3.05, 3.63) is 142 Å². The molecule has 6 aromatic carbocycles. The van der Waals surface area contributed by atoms with Crippen LogP contribution in [0.15, 0.2) is 103 Å². The predicted octanol–water partition coefficient (Wildman–Crippen LogP) is 9.25. The summed E-state index contributed by atoms with van der Waals surface area (Å²) in [5, 5.41) is 8.18. The van der Waals surface area contributed by atoms with E-state index >= 15 is 0 Å². The van der Waals surface area contributed by atoms with Crippen molar-refractivity contribution in [3.8, 4) is 0 Å². The van der Waals surface area contributed by atoms with Crippen LogP contribution < -0.4 is 0 Å². The summed E-state index contributed by atoms with van der Waals surface area (Å²) in [5.74, 6) is 0. The average Bonchev–Trinajstić information content (AvgIpc) is 2.90. The summed E-state index contributed by atoms with van der Waals surface area (Å²) < 4.78 is 0. The minimum absolute atomic E-state index is 0.934. The van der Waals surface area contributed by atoms with Crippen molar-refractivity contribution in [2.45, 2.75) is 33.6 Å². The Balaban J connectivity index is 1.51. The van der Waals surface area contributed by atoms with Gasteiger partial charge in [-0.05, 0) is 105 Å². The molecule has 0 fully saturated rings. The Morgan fingerprint density at radius 2 is 0.771 bits per heavy atom. The molecule has 6 aromatic rings. The highest BCUT2D eigenvalue weighted by molar-refractivity contribution is 5.93. The van der Waals surface area contributed by atoms with E-state index in [1.165, 1.54) is 71.3 Å². The molecule has 0 radical (unpaired) electrons. The number of rotatable bonds is 4. The van der Waals surface area contributed by atoms with Crippen LogP contribution in [0.1, 0.15) is 38.9 Å². The fourth-order valence-electron chi connectivity index (χ4n) is 5.73. The summed E-state index contributed by atoms with van der Waals surface area (Å²) in [5.41, 5.74) is 9.69. The monoisotopic (exact) mass is 450 g/mol. The molecule has 0 spiro atoms. The number of hydrogen-bond donors (Lipinski definition) is 0. The van der Waals surface area contributed by atoms with Gasteiger partial charge in [0.05, 0.1) is 0 Å². The van der Waals surface area contributed by atoms with E-state index in [1.807, 2.05) is 0 Å². The lowest BCUT2D eigenvalue weighted by Crippen LogP contribution is -2.00. The molecule has 6 rings (SSSR count). The Morgan fingerprint density at radius 1 is 0.371 bits per heavy atom. The molecule has 0 heteroatoms. The van der Waals surface area contributed by atoms with Crippen LogP contribution in [0.25, 0.3) is 32.3 Å². The van der Waals surface area contributed by atoms with Gasteiger partial charge in [-0.2, -0.15) is 0 Å². The summed E-state index contributed by atoms with van der Waals surface area (Å²) in [6.07, 6.45) is 1.88. The highest BCUT2D eigenvalue weighted by Gasteiger charge is 2.13. The number of hydrogen-bond acceptors (Lipinski definition) is 0. The summed E-state index contributed by atoms with van der Waals surface area (Å²) in [6.45, 7) is 6.70. The summed E-state index contributed by atoms with van der Waals surface area (Å²) in [7, 11) is 0. The Morgan fingerprint density at radius 3 is 1.29 bits per heavy atom. The lowest BCUT2D eigenvalue weighted by molar-refractivity contribution is 1.15. The van der Waals surface area contributed by atoms with Gasteiger partial charge < -0.3 is 0 Å². The zero-order valence-corrected chi connectivity index (χ0v) is 20.7. The third-order valence-electron chi connectivity index (χ3n) is 7.73. The molecule has 0 amide bonds. The minimum Gasteiger partial charge on any atom is -0.0616 e. The lowest BCUT2D eigenvalue weighted by Gasteiger charge is -2.17. The van der Waals surface area contributed by atoms with Crippen molar-refractivity contribution >= 4 is 32.3 Å². The molecular formula is C35H30. The van der Waals surface area contributed by atoms with Crippen LogP contribution in [0.4, 0.5) is 0 Å². The van der Waals surface area contributed by atoms with E-state index < -0.39 is 0 Å². The molecule has 0 aliphatic heterocycles. The molecule has 170 valence electrons. The van der Waals surface area contributed by atoms with Crippen LogP contribution in [0, 0.1) is 20.8 Å². The maximum atomic E-state index is 2.47. The second-order valence-corrected chi connectivity index (χ2v) is 9.89. The Hall–Kier alpha value is -3.90. The quantitative estimate of drug-likeness (QED) is 0.251. The maximum Gasteiger partial charge on any atom is -0.00133 e. The first kappa shape index (κ1) is 21.6. The fourth-order valence-corrected chi connectivity index (χ4v) is 5.73. The third-order valence-corrected chi connectivity index (χ3v) is 7.73. The fraction of sp³-hybridized carbons (Fsp3) is 0.143. The summed E-state index contributed by atoms with van der Waals surface area (Å²) in [4.78, 5) is 0.